The Kier molecular flexibility index (Phi) is 4.89. The summed E-state index contributed by atoms with van der Waals surface area (Å²) in [6.07, 6.45) is -4.15. The van der Waals surface area contributed by atoms with Crippen LogP contribution in [0.5, 0.6) is 0 Å². The van der Waals surface area contributed by atoms with E-state index in [0.717, 1.165) is 18.2 Å². The highest BCUT2D eigenvalue weighted by molar-refractivity contribution is 6.33. The van der Waals surface area contributed by atoms with Crippen LogP contribution in [0.1, 0.15) is 25.8 Å². The van der Waals surface area contributed by atoms with E-state index in [9.17, 15) is 22.8 Å². The monoisotopic (exact) mass is 348 g/mol. The Bertz CT molecular complexity index is 632. The van der Waals surface area contributed by atoms with Gasteiger partial charge in [-0.1, -0.05) is 11.6 Å². The fourth-order valence-electron chi connectivity index (χ4n) is 2.19. The number of carbonyl (C=O) groups is 2. The number of hydrogen-bond donors (Lipinski definition) is 2. The minimum absolute atomic E-state index is 0.00943. The van der Waals surface area contributed by atoms with Crippen LogP contribution in [0.3, 0.4) is 0 Å². The molecular formula is C15H16ClF3N2O2. The summed E-state index contributed by atoms with van der Waals surface area (Å²) in [5.74, 6) is -1.72. The number of benzene rings is 1. The van der Waals surface area contributed by atoms with Gasteiger partial charge in [-0.15, -0.1) is 0 Å². The van der Waals surface area contributed by atoms with Gasteiger partial charge in [0, 0.05) is 6.04 Å². The predicted molar refractivity (Wildman–Crippen MR) is 80.0 cm³/mol. The number of halogens is 4. The molecule has 126 valence electrons. The number of nitrogens with one attached hydrogen (secondary N) is 2. The lowest BCUT2D eigenvalue weighted by molar-refractivity contribution is -0.137. The molecule has 8 heteroatoms. The lowest BCUT2D eigenvalue weighted by atomic mass is 10.2. The van der Waals surface area contributed by atoms with E-state index in [4.69, 9.17) is 11.6 Å². The van der Waals surface area contributed by atoms with Crippen molar-refractivity contribution in [3.63, 3.8) is 0 Å². The first-order chi connectivity index (χ1) is 10.6. The van der Waals surface area contributed by atoms with Gasteiger partial charge in [-0.25, -0.2) is 0 Å². The van der Waals surface area contributed by atoms with Crippen LogP contribution in [0.2, 0.25) is 5.02 Å². The van der Waals surface area contributed by atoms with Crippen molar-refractivity contribution in [3.8, 4) is 0 Å². The van der Waals surface area contributed by atoms with E-state index in [2.05, 4.69) is 10.6 Å². The standard InChI is InChI=1S/C15H16ClF3N2O2/c1-7(2)20-13(22)9-6-10(9)14(23)21-12-5-8(15(17,18)19)3-4-11(12)16/h3-5,7,9-10H,6H2,1-2H3,(H,20,22)(H,21,23). The van der Waals surface area contributed by atoms with E-state index in [1.54, 1.807) is 13.8 Å². The molecule has 4 nitrogen and oxygen atoms in total. The van der Waals surface area contributed by atoms with Gasteiger partial charge in [0.05, 0.1) is 28.1 Å². The number of amides is 2. The highest BCUT2D eigenvalue weighted by Crippen LogP contribution is 2.40. The second-order valence-corrected chi connectivity index (χ2v) is 6.20. The molecular weight excluding hydrogens is 333 g/mol. The number of alkyl halides is 3. The summed E-state index contributed by atoms with van der Waals surface area (Å²) in [4.78, 5) is 23.8. The van der Waals surface area contributed by atoms with Gasteiger partial charge in [-0.2, -0.15) is 13.2 Å². The summed E-state index contributed by atoms with van der Waals surface area (Å²) in [5, 5.41) is 5.08. The first-order valence-corrected chi connectivity index (χ1v) is 7.45. The van der Waals surface area contributed by atoms with Crippen LogP contribution < -0.4 is 10.6 Å². The summed E-state index contributed by atoms with van der Waals surface area (Å²) in [7, 11) is 0. The van der Waals surface area contributed by atoms with E-state index in [1.807, 2.05) is 0 Å². The molecule has 1 aromatic carbocycles. The van der Waals surface area contributed by atoms with Crippen LogP contribution in [0.25, 0.3) is 0 Å². The quantitative estimate of drug-likeness (QED) is 0.875. The van der Waals surface area contributed by atoms with Crippen molar-refractivity contribution in [2.24, 2.45) is 11.8 Å². The molecule has 0 aromatic heterocycles. The minimum Gasteiger partial charge on any atom is -0.354 e. The van der Waals surface area contributed by atoms with Crippen LogP contribution in [-0.2, 0) is 15.8 Å². The van der Waals surface area contributed by atoms with Gasteiger partial charge < -0.3 is 10.6 Å². The highest BCUT2D eigenvalue weighted by atomic mass is 35.5. The molecule has 1 aliphatic rings. The molecule has 0 heterocycles. The zero-order valence-electron chi connectivity index (χ0n) is 12.5. The zero-order chi connectivity index (χ0) is 17.4. The van der Waals surface area contributed by atoms with Crippen molar-refractivity contribution < 1.29 is 22.8 Å². The molecule has 1 aliphatic carbocycles. The number of hydrogen-bond acceptors (Lipinski definition) is 2. The molecule has 0 aliphatic heterocycles. The first kappa shape index (κ1) is 17.6. The van der Waals surface area contributed by atoms with Gasteiger partial charge >= 0.3 is 6.18 Å². The number of rotatable bonds is 4. The van der Waals surface area contributed by atoms with E-state index in [0.29, 0.717) is 6.42 Å². The predicted octanol–water partition coefficient (Wildman–Crippen LogP) is 3.46. The van der Waals surface area contributed by atoms with Crippen molar-refractivity contribution in [3.05, 3.63) is 28.8 Å². The Morgan fingerprint density at radius 3 is 2.39 bits per heavy atom. The maximum absolute atomic E-state index is 12.7. The topological polar surface area (TPSA) is 58.2 Å². The Labute approximate surface area is 136 Å². The average Bonchev–Trinajstić information content (AvgIpc) is 3.19. The zero-order valence-corrected chi connectivity index (χ0v) is 13.3. The molecule has 2 amide bonds. The van der Waals surface area contributed by atoms with Gasteiger partial charge in [-0.3, -0.25) is 9.59 Å². The van der Waals surface area contributed by atoms with Crippen molar-refractivity contribution >= 4 is 29.1 Å². The van der Waals surface area contributed by atoms with Gasteiger partial charge in [0.1, 0.15) is 0 Å². The van der Waals surface area contributed by atoms with Crippen molar-refractivity contribution in [2.75, 3.05) is 5.32 Å². The summed E-state index contributed by atoms with van der Waals surface area (Å²) in [6, 6.07) is 2.67. The van der Waals surface area contributed by atoms with Crippen LogP contribution in [0.4, 0.5) is 18.9 Å². The van der Waals surface area contributed by atoms with Crippen LogP contribution >= 0.6 is 11.6 Å². The molecule has 23 heavy (non-hydrogen) atoms. The van der Waals surface area contributed by atoms with E-state index in [-0.39, 0.29) is 22.7 Å². The number of carbonyl (C=O) groups excluding carboxylic acids is 2. The van der Waals surface area contributed by atoms with Gasteiger partial charge in [0.2, 0.25) is 11.8 Å². The van der Waals surface area contributed by atoms with Crippen LogP contribution in [0, 0.1) is 11.8 Å². The third kappa shape index (κ3) is 4.37. The van der Waals surface area contributed by atoms with Crippen LogP contribution in [-0.4, -0.2) is 17.9 Å². The summed E-state index contributed by atoms with van der Waals surface area (Å²) in [6.45, 7) is 3.61. The smallest absolute Gasteiger partial charge is 0.354 e. The molecule has 1 aromatic rings. The normalized spacial score (nSPS) is 20.3. The van der Waals surface area contributed by atoms with Crippen LogP contribution in [0.15, 0.2) is 18.2 Å². The fraction of sp³-hybridized carbons (Fsp3) is 0.467. The molecule has 0 saturated heterocycles. The third-order valence-electron chi connectivity index (χ3n) is 3.45. The first-order valence-electron chi connectivity index (χ1n) is 7.07. The summed E-state index contributed by atoms with van der Waals surface area (Å²) in [5.41, 5.74) is -1.01. The Hall–Kier alpha value is -1.76. The lowest BCUT2D eigenvalue weighted by Gasteiger charge is -2.12. The average molecular weight is 349 g/mol. The molecule has 1 saturated carbocycles. The highest BCUT2D eigenvalue weighted by Gasteiger charge is 2.48. The number of anilines is 1. The van der Waals surface area contributed by atoms with Crippen molar-refractivity contribution in [1.29, 1.82) is 0 Å². The minimum atomic E-state index is -4.52. The second-order valence-electron chi connectivity index (χ2n) is 5.79. The second kappa shape index (κ2) is 6.39. The summed E-state index contributed by atoms with van der Waals surface area (Å²) < 4.78 is 38.1. The molecule has 2 N–H and O–H groups in total. The van der Waals surface area contributed by atoms with E-state index in [1.165, 1.54) is 0 Å². The molecule has 0 spiro atoms. The molecule has 1 fully saturated rings. The molecule has 2 rings (SSSR count). The van der Waals surface area contributed by atoms with E-state index >= 15 is 0 Å². The Morgan fingerprint density at radius 2 is 1.83 bits per heavy atom. The molecule has 0 radical (unpaired) electrons. The van der Waals surface area contributed by atoms with Gasteiger partial charge in [0.15, 0.2) is 0 Å². The third-order valence-corrected chi connectivity index (χ3v) is 3.78. The van der Waals surface area contributed by atoms with Crippen molar-refractivity contribution in [2.45, 2.75) is 32.5 Å². The SMILES string of the molecule is CC(C)NC(=O)C1CC1C(=O)Nc1cc(C(F)(F)F)ccc1Cl. The molecule has 2 unspecified atom stereocenters. The molecule has 0 bridgehead atoms. The van der Waals surface area contributed by atoms with Gasteiger partial charge in [0.25, 0.3) is 0 Å². The molecule has 2 atom stereocenters. The largest absolute Gasteiger partial charge is 0.416 e. The maximum Gasteiger partial charge on any atom is 0.416 e. The fourth-order valence-corrected chi connectivity index (χ4v) is 2.35. The van der Waals surface area contributed by atoms with Gasteiger partial charge in [-0.05, 0) is 38.5 Å². The Morgan fingerprint density at radius 1 is 1.22 bits per heavy atom. The lowest BCUT2D eigenvalue weighted by Crippen LogP contribution is -2.32. The Balaban J connectivity index is 2.03. The van der Waals surface area contributed by atoms with E-state index < -0.39 is 29.5 Å². The maximum atomic E-state index is 12.7. The van der Waals surface area contributed by atoms with Crippen molar-refractivity contribution in [1.82, 2.24) is 5.32 Å². The summed E-state index contributed by atoms with van der Waals surface area (Å²) >= 11 is 5.82.